The molecule has 8 nitrogen and oxygen atoms in total. The van der Waals surface area contributed by atoms with E-state index >= 15 is 0 Å². The van der Waals surface area contributed by atoms with Gasteiger partial charge in [0, 0.05) is 36.0 Å². The molecule has 0 amide bonds. The molecule has 0 unspecified atom stereocenters. The monoisotopic (exact) mass is 453 g/mol. The van der Waals surface area contributed by atoms with Crippen LogP contribution in [-0.4, -0.2) is 37.1 Å². The van der Waals surface area contributed by atoms with E-state index in [0.717, 1.165) is 53.5 Å². The molecule has 170 valence electrons. The summed E-state index contributed by atoms with van der Waals surface area (Å²) < 4.78 is 6.01. The summed E-state index contributed by atoms with van der Waals surface area (Å²) in [7, 11) is 0. The second kappa shape index (κ2) is 9.32. The van der Waals surface area contributed by atoms with Crippen LogP contribution in [0.2, 0.25) is 0 Å². The number of ether oxygens (including phenoxy) is 1. The molecule has 34 heavy (non-hydrogen) atoms. The molecule has 0 bridgehead atoms. The first-order chi connectivity index (χ1) is 16.6. The van der Waals surface area contributed by atoms with Crippen LogP contribution in [0.25, 0.3) is 33.7 Å². The SMILES string of the molecule is N#Cc1ccc2nc(-c3ccc(-c4ccc(OC5CCC(CC(=O)O)CC5)nc4)nc3)[nH]c2c1. The number of H-pyrrole nitrogens is 1. The fourth-order valence-electron chi connectivity index (χ4n) is 4.39. The highest BCUT2D eigenvalue weighted by atomic mass is 16.5. The molecule has 0 spiro atoms. The van der Waals surface area contributed by atoms with Gasteiger partial charge in [-0.3, -0.25) is 9.78 Å². The van der Waals surface area contributed by atoms with E-state index in [1.54, 1.807) is 24.5 Å². The Hall–Kier alpha value is -4.25. The Labute approximate surface area is 196 Å². The molecule has 5 rings (SSSR count). The highest BCUT2D eigenvalue weighted by molar-refractivity contribution is 5.80. The molecule has 1 aliphatic rings. The highest BCUT2D eigenvalue weighted by Crippen LogP contribution is 2.30. The van der Waals surface area contributed by atoms with Crippen LogP contribution in [0.3, 0.4) is 0 Å². The fourth-order valence-corrected chi connectivity index (χ4v) is 4.39. The van der Waals surface area contributed by atoms with Crippen LogP contribution >= 0.6 is 0 Å². The summed E-state index contributed by atoms with van der Waals surface area (Å²) in [6, 6.07) is 15.1. The van der Waals surface area contributed by atoms with Gasteiger partial charge in [0.1, 0.15) is 11.9 Å². The average molecular weight is 454 g/mol. The zero-order chi connectivity index (χ0) is 23.5. The number of imidazole rings is 1. The molecular formula is C26H23N5O3. The zero-order valence-corrected chi connectivity index (χ0v) is 18.4. The van der Waals surface area contributed by atoms with Gasteiger partial charge < -0.3 is 14.8 Å². The topological polar surface area (TPSA) is 125 Å². The number of hydrogen-bond donors (Lipinski definition) is 2. The third-order valence-corrected chi connectivity index (χ3v) is 6.22. The van der Waals surface area contributed by atoms with Crippen molar-refractivity contribution in [2.45, 2.75) is 38.2 Å². The summed E-state index contributed by atoms with van der Waals surface area (Å²) >= 11 is 0. The predicted molar refractivity (Wildman–Crippen MR) is 126 cm³/mol. The number of carboxylic acid groups (broad SMARTS) is 1. The van der Waals surface area contributed by atoms with E-state index in [2.05, 4.69) is 26.0 Å². The molecule has 1 saturated carbocycles. The third kappa shape index (κ3) is 4.74. The van der Waals surface area contributed by atoms with E-state index in [4.69, 9.17) is 15.1 Å². The van der Waals surface area contributed by atoms with Crippen molar-refractivity contribution in [2.24, 2.45) is 5.92 Å². The third-order valence-electron chi connectivity index (χ3n) is 6.22. The smallest absolute Gasteiger partial charge is 0.303 e. The van der Waals surface area contributed by atoms with Crippen LogP contribution in [-0.2, 0) is 4.79 Å². The first-order valence-corrected chi connectivity index (χ1v) is 11.3. The van der Waals surface area contributed by atoms with E-state index in [-0.39, 0.29) is 18.4 Å². The van der Waals surface area contributed by atoms with Crippen molar-refractivity contribution in [3.8, 4) is 34.6 Å². The quantitative estimate of drug-likeness (QED) is 0.422. The Balaban J connectivity index is 1.23. The summed E-state index contributed by atoms with van der Waals surface area (Å²) in [5.41, 5.74) is 4.72. The number of carbonyl (C=O) groups is 1. The molecule has 0 radical (unpaired) electrons. The van der Waals surface area contributed by atoms with Gasteiger partial charge in [0.25, 0.3) is 0 Å². The van der Waals surface area contributed by atoms with Crippen LogP contribution in [0.4, 0.5) is 0 Å². The Morgan fingerprint density at radius 1 is 1.06 bits per heavy atom. The molecule has 8 heteroatoms. The van der Waals surface area contributed by atoms with E-state index < -0.39 is 5.97 Å². The van der Waals surface area contributed by atoms with Gasteiger partial charge in [0.15, 0.2) is 0 Å². The number of hydrogen-bond acceptors (Lipinski definition) is 6. The molecule has 0 saturated heterocycles. The minimum atomic E-state index is -0.727. The first kappa shape index (κ1) is 21.6. The lowest BCUT2D eigenvalue weighted by atomic mass is 9.85. The molecule has 2 N–H and O–H groups in total. The lowest BCUT2D eigenvalue weighted by molar-refractivity contribution is -0.138. The standard InChI is InChI=1S/C26H23N5O3/c27-13-17-3-8-22-23(11-17)31-26(30-22)19-4-9-21(28-15-19)18-5-10-24(29-14-18)34-20-6-1-16(2-7-20)12-25(32)33/h3-5,8-11,14-16,20H,1-2,6-7,12H2,(H,30,31)(H,32,33). The number of benzene rings is 1. The zero-order valence-electron chi connectivity index (χ0n) is 18.4. The Morgan fingerprint density at radius 2 is 1.85 bits per heavy atom. The number of nitriles is 1. The Kier molecular flexibility index (Phi) is 5.91. The van der Waals surface area contributed by atoms with Crippen molar-refractivity contribution >= 4 is 17.0 Å². The van der Waals surface area contributed by atoms with Gasteiger partial charge in [-0.25, -0.2) is 9.97 Å². The van der Waals surface area contributed by atoms with Gasteiger partial charge >= 0.3 is 5.97 Å². The normalized spacial score (nSPS) is 17.9. The highest BCUT2D eigenvalue weighted by Gasteiger charge is 2.24. The Bertz CT molecular complexity index is 1350. The van der Waals surface area contributed by atoms with Crippen LogP contribution < -0.4 is 4.74 Å². The summed E-state index contributed by atoms with van der Waals surface area (Å²) in [6.45, 7) is 0. The first-order valence-electron chi connectivity index (χ1n) is 11.3. The summed E-state index contributed by atoms with van der Waals surface area (Å²) in [5.74, 6) is 0.788. The van der Waals surface area contributed by atoms with Crippen LogP contribution in [0.5, 0.6) is 5.88 Å². The van der Waals surface area contributed by atoms with Crippen molar-refractivity contribution in [3.63, 3.8) is 0 Å². The second-order valence-corrected chi connectivity index (χ2v) is 8.60. The van der Waals surface area contributed by atoms with Crippen molar-refractivity contribution in [1.82, 2.24) is 19.9 Å². The molecule has 3 aromatic heterocycles. The van der Waals surface area contributed by atoms with Gasteiger partial charge in [-0.15, -0.1) is 0 Å². The molecular weight excluding hydrogens is 430 g/mol. The van der Waals surface area contributed by atoms with Crippen LogP contribution in [0.15, 0.2) is 54.9 Å². The predicted octanol–water partition coefficient (Wildman–Crippen LogP) is 4.97. The van der Waals surface area contributed by atoms with E-state index in [0.29, 0.717) is 17.3 Å². The summed E-state index contributed by atoms with van der Waals surface area (Å²) in [4.78, 5) is 27.7. The number of nitrogens with zero attached hydrogens (tertiary/aromatic N) is 4. The molecule has 1 aliphatic carbocycles. The minimum absolute atomic E-state index is 0.0776. The van der Waals surface area contributed by atoms with Gasteiger partial charge in [-0.2, -0.15) is 5.26 Å². The number of fused-ring (bicyclic) bond motifs is 1. The van der Waals surface area contributed by atoms with Gasteiger partial charge in [0.05, 0.1) is 28.4 Å². The number of nitrogens with one attached hydrogen (secondary N) is 1. The number of aromatic nitrogens is 4. The number of aliphatic carboxylic acids is 1. The largest absolute Gasteiger partial charge is 0.481 e. The van der Waals surface area contributed by atoms with E-state index in [1.807, 2.05) is 30.3 Å². The van der Waals surface area contributed by atoms with Crippen molar-refractivity contribution in [2.75, 3.05) is 0 Å². The Morgan fingerprint density at radius 3 is 2.53 bits per heavy atom. The molecule has 3 heterocycles. The van der Waals surface area contributed by atoms with Crippen molar-refractivity contribution in [1.29, 1.82) is 5.26 Å². The maximum absolute atomic E-state index is 10.9. The maximum atomic E-state index is 10.9. The molecule has 4 aromatic rings. The molecule has 1 aromatic carbocycles. The van der Waals surface area contributed by atoms with Crippen LogP contribution in [0, 0.1) is 17.2 Å². The lowest BCUT2D eigenvalue weighted by Gasteiger charge is -2.27. The van der Waals surface area contributed by atoms with Gasteiger partial charge in [0.2, 0.25) is 5.88 Å². The molecule has 1 fully saturated rings. The van der Waals surface area contributed by atoms with Gasteiger partial charge in [-0.05, 0) is 68.0 Å². The fraction of sp³-hybridized carbons (Fsp3) is 0.269. The van der Waals surface area contributed by atoms with Crippen molar-refractivity contribution in [3.05, 3.63) is 60.4 Å². The van der Waals surface area contributed by atoms with E-state index in [1.165, 1.54) is 0 Å². The number of aromatic amines is 1. The second-order valence-electron chi connectivity index (χ2n) is 8.60. The van der Waals surface area contributed by atoms with Crippen LogP contribution in [0.1, 0.15) is 37.7 Å². The maximum Gasteiger partial charge on any atom is 0.303 e. The minimum Gasteiger partial charge on any atom is -0.481 e. The summed E-state index contributed by atoms with van der Waals surface area (Å²) in [5, 5.41) is 18.0. The van der Waals surface area contributed by atoms with Crippen molar-refractivity contribution < 1.29 is 14.6 Å². The van der Waals surface area contributed by atoms with E-state index in [9.17, 15) is 4.79 Å². The number of rotatable bonds is 6. The number of pyridine rings is 2. The summed E-state index contributed by atoms with van der Waals surface area (Å²) in [6.07, 6.45) is 7.27. The molecule has 0 aliphatic heterocycles. The number of carboxylic acids is 1. The molecule has 0 atom stereocenters. The lowest BCUT2D eigenvalue weighted by Crippen LogP contribution is -2.25. The average Bonchev–Trinajstić information content (AvgIpc) is 3.29. The van der Waals surface area contributed by atoms with Gasteiger partial charge in [-0.1, -0.05) is 0 Å².